The van der Waals surface area contributed by atoms with Gasteiger partial charge in [-0.1, -0.05) is 36.4 Å². The molecular formula is C25H22N2O4. The molecule has 0 heterocycles. The number of carboxylic acids is 1. The van der Waals surface area contributed by atoms with Crippen LogP contribution in [0.15, 0.2) is 72.8 Å². The van der Waals surface area contributed by atoms with E-state index < -0.39 is 11.6 Å². The quantitative estimate of drug-likeness (QED) is 0.597. The molecule has 3 aromatic rings. The fraction of sp³-hybridized carbons (Fsp3) is 0.160. The number of rotatable bonds is 7. The van der Waals surface area contributed by atoms with Crippen molar-refractivity contribution in [3.8, 4) is 22.9 Å². The summed E-state index contributed by atoms with van der Waals surface area (Å²) in [6.07, 6.45) is 0. The van der Waals surface area contributed by atoms with E-state index in [2.05, 4.69) is 11.4 Å². The lowest BCUT2D eigenvalue weighted by atomic mass is 10.0. The van der Waals surface area contributed by atoms with Crippen molar-refractivity contribution in [1.29, 1.82) is 5.26 Å². The third-order valence-corrected chi connectivity index (χ3v) is 4.76. The Bertz CT molecular complexity index is 1110. The number of carbonyl (C=O) groups is 2. The summed E-state index contributed by atoms with van der Waals surface area (Å²) in [6, 6.07) is 23.5. The van der Waals surface area contributed by atoms with Gasteiger partial charge in [-0.3, -0.25) is 4.79 Å². The van der Waals surface area contributed by atoms with E-state index in [1.165, 1.54) is 13.8 Å². The molecule has 0 fully saturated rings. The molecule has 0 radical (unpaired) electrons. The van der Waals surface area contributed by atoms with Gasteiger partial charge < -0.3 is 15.2 Å². The fourth-order valence-corrected chi connectivity index (χ4v) is 2.85. The monoisotopic (exact) mass is 414 g/mol. The number of nitriles is 1. The van der Waals surface area contributed by atoms with Gasteiger partial charge in [0.05, 0.1) is 11.6 Å². The molecule has 2 N–H and O–H groups in total. The molecule has 0 aliphatic rings. The van der Waals surface area contributed by atoms with Crippen molar-refractivity contribution in [2.24, 2.45) is 0 Å². The van der Waals surface area contributed by atoms with Crippen molar-refractivity contribution >= 4 is 11.9 Å². The third kappa shape index (κ3) is 5.49. The standard InChI is InChI=1S/C25H22N2O4/c1-25(2,24(29)30)31-22-13-5-18(6-14-22)16-27-23(28)21-11-9-20(10-12-21)19-7-3-17(15-26)4-8-19/h3-14H,16H2,1-2H3,(H,27,28)(H,29,30). The van der Waals surface area contributed by atoms with Crippen LogP contribution < -0.4 is 10.1 Å². The lowest BCUT2D eigenvalue weighted by Crippen LogP contribution is -2.37. The van der Waals surface area contributed by atoms with E-state index in [1.54, 1.807) is 48.5 Å². The number of aliphatic carboxylic acids is 1. The minimum absolute atomic E-state index is 0.196. The summed E-state index contributed by atoms with van der Waals surface area (Å²) in [5, 5.41) is 20.9. The zero-order valence-electron chi connectivity index (χ0n) is 17.3. The van der Waals surface area contributed by atoms with Crippen LogP contribution in [0.4, 0.5) is 0 Å². The Kier molecular flexibility index (Phi) is 6.37. The predicted octanol–water partition coefficient (Wildman–Crippen LogP) is 4.40. The van der Waals surface area contributed by atoms with Gasteiger partial charge in [0.1, 0.15) is 5.75 Å². The van der Waals surface area contributed by atoms with Crippen LogP contribution in [0.1, 0.15) is 35.3 Å². The van der Waals surface area contributed by atoms with E-state index in [4.69, 9.17) is 15.1 Å². The minimum Gasteiger partial charge on any atom is -0.478 e. The van der Waals surface area contributed by atoms with Gasteiger partial charge in [0.2, 0.25) is 0 Å². The molecule has 0 atom stereocenters. The fourth-order valence-electron chi connectivity index (χ4n) is 2.85. The van der Waals surface area contributed by atoms with E-state index in [0.29, 0.717) is 23.4 Å². The van der Waals surface area contributed by atoms with Crippen molar-refractivity contribution in [3.05, 3.63) is 89.5 Å². The molecule has 0 aromatic heterocycles. The first-order valence-electron chi connectivity index (χ1n) is 9.68. The van der Waals surface area contributed by atoms with E-state index in [1.807, 2.05) is 24.3 Å². The molecule has 3 aromatic carbocycles. The van der Waals surface area contributed by atoms with Crippen molar-refractivity contribution in [1.82, 2.24) is 5.32 Å². The van der Waals surface area contributed by atoms with E-state index >= 15 is 0 Å². The molecule has 6 nitrogen and oxygen atoms in total. The van der Waals surface area contributed by atoms with Crippen LogP contribution in [0.25, 0.3) is 11.1 Å². The molecule has 0 bridgehead atoms. The van der Waals surface area contributed by atoms with Crippen LogP contribution in [-0.2, 0) is 11.3 Å². The highest BCUT2D eigenvalue weighted by Crippen LogP contribution is 2.21. The molecule has 1 amide bonds. The lowest BCUT2D eigenvalue weighted by molar-refractivity contribution is -0.152. The highest BCUT2D eigenvalue weighted by molar-refractivity contribution is 5.94. The number of carbonyl (C=O) groups excluding carboxylic acids is 1. The van der Waals surface area contributed by atoms with E-state index in [0.717, 1.165) is 16.7 Å². The first kappa shape index (κ1) is 21.6. The highest BCUT2D eigenvalue weighted by Gasteiger charge is 2.29. The van der Waals surface area contributed by atoms with Crippen LogP contribution in [-0.4, -0.2) is 22.6 Å². The Balaban J connectivity index is 1.58. The number of carboxylic acid groups (broad SMARTS) is 1. The molecule has 0 aliphatic carbocycles. The average molecular weight is 414 g/mol. The second-order valence-corrected chi connectivity index (χ2v) is 7.51. The SMILES string of the molecule is CC(C)(Oc1ccc(CNC(=O)c2ccc(-c3ccc(C#N)cc3)cc2)cc1)C(=O)O. The lowest BCUT2D eigenvalue weighted by Gasteiger charge is -2.21. The van der Waals surface area contributed by atoms with E-state index in [-0.39, 0.29) is 5.91 Å². The van der Waals surface area contributed by atoms with Crippen LogP contribution in [0, 0.1) is 11.3 Å². The van der Waals surface area contributed by atoms with Gasteiger partial charge >= 0.3 is 5.97 Å². The Labute approximate surface area is 180 Å². The molecule has 31 heavy (non-hydrogen) atoms. The van der Waals surface area contributed by atoms with Gasteiger partial charge in [0.15, 0.2) is 5.60 Å². The summed E-state index contributed by atoms with van der Waals surface area (Å²) >= 11 is 0. The topological polar surface area (TPSA) is 99.4 Å². The number of amides is 1. The van der Waals surface area contributed by atoms with Crippen molar-refractivity contribution in [2.75, 3.05) is 0 Å². The average Bonchev–Trinajstić information content (AvgIpc) is 2.78. The summed E-state index contributed by atoms with van der Waals surface area (Å²) in [5.41, 5.74) is 2.62. The van der Waals surface area contributed by atoms with Gasteiger partial charge in [0, 0.05) is 12.1 Å². The minimum atomic E-state index is -1.32. The first-order chi connectivity index (χ1) is 14.8. The van der Waals surface area contributed by atoms with Crippen molar-refractivity contribution in [3.63, 3.8) is 0 Å². The summed E-state index contributed by atoms with van der Waals surface area (Å²) in [7, 11) is 0. The summed E-state index contributed by atoms with van der Waals surface area (Å²) in [4.78, 5) is 23.6. The molecule has 0 aliphatic heterocycles. The Morgan fingerprint density at radius 3 is 2.00 bits per heavy atom. The van der Waals surface area contributed by atoms with Gasteiger partial charge in [-0.2, -0.15) is 5.26 Å². The number of hydrogen-bond donors (Lipinski definition) is 2. The number of nitrogens with zero attached hydrogens (tertiary/aromatic N) is 1. The second-order valence-electron chi connectivity index (χ2n) is 7.51. The first-order valence-corrected chi connectivity index (χ1v) is 9.68. The van der Waals surface area contributed by atoms with Crippen LogP contribution in [0.2, 0.25) is 0 Å². The smallest absolute Gasteiger partial charge is 0.347 e. The third-order valence-electron chi connectivity index (χ3n) is 4.76. The Morgan fingerprint density at radius 2 is 1.48 bits per heavy atom. The largest absolute Gasteiger partial charge is 0.478 e. The van der Waals surface area contributed by atoms with Gasteiger partial charge in [-0.15, -0.1) is 0 Å². The summed E-state index contributed by atoms with van der Waals surface area (Å²) in [5.74, 6) is -0.798. The molecule has 6 heteroatoms. The molecule has 0 unspecified atom stereocenters. The number of hydrogen-bond acceptors (Lipinski definition) is 4. The maximum Gasteiger partial charge on any atom is 0.347 e. The Morgan fingerprint density at radius 1 is 0.935 bits per heavy atom. The number of ether oxygens (including phenoxy) is 1. The zero-order chi connectivity index (χ0) is 22.4. The molecule has 0 spiro atoms. The maximum atomic E-state index is 12.4. The highest BCUT2D eigenvalue weighted by atomic mass is 16.5. The molecule has 0 saturated heterocycles. The maximum absolute atomic E-state index is 12.4. The number of nitrogens with one attached hydrogen (secondary N) is 1. The zero-order valence-corrected chi connectivity index (χ0v) is 17.3. The van der Waals surface area contributed by atoms with Crippen molar-refractivity contribution < 1.29 is 19.4 Å². The van der Waals surface area contributed by atoms with Crippen LogP contribution in [0.3, 0.4) is 0 Å². The molecule has 0 saturated carbocycles. The summed E-state index contributed by atoms with van der Waals surface area (Å²) in [6.45, 7) is 3.30. The molecule has 156 valence electrons. The van der Waals surface area contributed by atoms with Gasteiger partial charge in [-0.25, -0.2) is 4.79 Å². The van der Waals surface area contributed by atoms with Crippen LogP contribution >= 0.6 is 0 Å². The van der Waals surface area contributed by atoms with Crippen LogP contribution in [0.5, 0.6) is 5.75 Å². The van der Waals surface area contributed by atoms with Crippen molar-refractivity contribution in [2.45, 2.75) is 26.0 Å². The summed E-state index contributed by atoms with van der Waals surface area (Å²) < 4.78 is 5.47. The number of benzene rings is 3. The predicted molar refractivity (Wildman–Crippen MR) is 117 cm³/mol. The normalized spacial score (nSPS) is 10.7. The van der Waals surface area contributed by atoms with Gasteiger partial charge in [-0.05, 0) is 66.9 Å². The molecule has 3 rings (SSSR count). The molecular weight excluding hydrogens is 392 g/mol. The second kappa shape index (κ2) is 9.14. The van der Waals surface area contributed by atoms with E-state index in [9.17, 15) is 9.59 Å². The van der Waals surface area contributed by atoms with Gasteiger partial charge in [0.25, 0.3) is 5.91 Å². The Hall–Kier alpha value is -4.11.